The highest BCUT2D eigenvalue weighted by Gasteiger charge is 2.30. The van der Waals surface area contributed by atoms with Crippen LogP contribution >= 0.6 is 0 Å². The van der Waals surface area contributed by atoms with Crippen molar-refractivity contribution >= 4 is 17.4 Å². The van der Waals surface area contributed by atoms with E-state index in [2.05, 4.69) is 10.5 Å². The SMILES string of the molecule is CC1(C)CC(=O)C/C(=N/NC(=O)COc2ccccc2)C1. The maximum atomic E-state index is 11.7. The van der Waals surface area contributed by atoms with Gasteiger partial charge >= 0.3 is 0 Å². The van der Waals surface area contributed by atoms with Crippen molar-refractivity contribution in [3.05, 3.63) is 30.3 Å². The van der Waals surface area contributed by atoms with E-state index in [0.717, 1.165) is 12.1 Å². The number of nitrogens with one attached hydrogen (secondary N) is 1. The van der Waals surface area contributed by atoms with Crippen LogP contribution in [0.1, 0.15) is 33.1 Å². The molecule has 2 rings (SSSR count). The Bertz CT molecular complexity index is 550. The summed E-state index contributed by atoms with van der Waals surface area (Å²) in [4.78, 5) is 23.3. The molecule has 1 amide bonds. The van der Waals surface area contributed by atoms with Crippen LogP contribution in [0, 0.1) is 5.41 Å². The largest absolute Gasteiger partial charge is 0.484 e. The molecule has 0 aliphatic heterocycles. The van der Waals surface area contributed by atoms with Gasteiger partial charge in [0, 0.05) is 18.6 Å². The number of rotatable bonds is 4. The summed E-state index contributed by atoms with van der Waals surface area (Å²) in [7, 11) is 0. The van der Waals surface area contributed by atoms with Gasteiger partial charge in [-0.3, -0.25) is 9.59 Å². The Balaban J connectivity index is 1.83. The Kier molecular flexibility index (Phi) is 4.73. The Hall–Kier alpha value is -2.17. The van der Waals surface area contributed by atoms with Crippen LogP contribution in [0.15, 0.2) is 35.4 Å². The van der Waals surface area contributed by atoms with Gasteiger partial charge in [0.25, 0.3) is 5.91 Å². The van der Waals surface area contributed by atoms with Crippen LogP contribution in [-0.2, 0) is 9.59 Å². The molecule has 1 aliphatic rings. The summed E-state index contributed by atoms with van der Waals surface area (Å²) in [6, 6.07) is 9.11. The third-order valence-corrected chi connectivity index (χ3v) is 3.21. The molecule has 1 saturated carbocycles. The number of amides is 1. The van der Waals surface area contributed by atoms with Crippen molar-refractivity contribution in [1.82, 2.24) is 5.43 Å². The maximum absolute atomic E-state index is 11.7. The summed E-state index contributed by atoms with van der Waals surface area (Å²) in [6.07, 6.45) is 1.61. The number of hydrogen-bond acceptors (Lipinski definition) is 4. The maximum Gasteiger partial charge on any atom is 0.277 e. The van der Waals surface area contributed by atoms with E-state index in [1.807, 2.05) is 32.0 Å². The highest BCUT2D eigenvalue weighted by atomic mass is 16.5. The highest BCUT2D eigenvalue weighted by Crippen LogP contribution is 2.31. The summed E-state index contributed by atoms with van der Waals surface area (Å²) in [5.41, 5.74) is 3.10. The Labute approximate surface area is 124 Å². The summed E-state index contributed by atoms with van der Waals surface area (Å²) < 4.78 is 5.32. The third kappa shape index (κ3) is 5.02. The second-order valence-corrected chi connectivity index (χ2v) is 6.05. The fourth-order valence-corrected chi connectivity index (χ4v) is 2.42. The van der Waals surface area contributed by atoms with Crippen molar-refractivity contribution in [3.63, 3.8) is 0 Å². The fourth-order valence-electron chi connectivity index (χ4n) is 2.42. The molecule has 0 bridgehead atoms. The van der Waals surface area contributed by atoms with Crippen LogP contribution in [0.25, 0.3) is 0 Å². The quantitative estimate of drug-likeness (QED) is 0.864. The minimum absolute atomic E-state index is 0.0839. The van der Waals surface area contributed by atoms with E-state index in [1.165, 1.54) is 0 Å². The number of para-hydroxylation sites is 1. The molecule has 1 aromatic rings. The van der Waals surface area contributed by atoms with Crippen LogP contribution in [0.4, 0.5) is 0 Å². The second-order valence-electron chi connectivity index (χ2n) is 6.05. The molecule has 0 aromatic heterocycles. The molecule has 0 atom stereocenters. The predicted octanol–water partition coefficient (Wildman–Crippen LogP) is 2.32. The van der Waals surface area contributed by atoms with Gasteiger partial charge in [0.15, 0.2) is 6.61 Å². The van der Waals surface area contributed by atoms with E-state index in [0.29, 0.717) is 18.6 Å². The van der Waals surface area contributed by atoms with Gasteiger partial charge in [0.05, 0.1) is 0 Å². The van der Waals surface area contributed by atoms with E-state index in [1.54, 1.807) is 12.1 Å². The minimum atomic E-state index is -0.331. The first-order chi connectivity index (χ1) is 9.94. The van der Waals surface area contributed by atoms with Crippen LogP contribution in [-0.4, -0.2) is 24.0 Å². The van der Waals surface area contributed by atoms with Gasteiger partial charge in [-0.1, -0.05) is 32.0 Å². The van der Waals surface area contributed by atoms with Crippen molar-refractivity contribution in [2.45, 2.75) is 33.1 Å². The number of carbonyl (C=O) groups excluding carboxylic acids is 2. The average Bonchev–Trinajstić information content (AvgIpc) is 2.42. The van der Waals surface area contributed by atoms with Crippen molar-refractivity contribution in [1.29, 1.82) is 0 Å². The smallest absolute Gasteiger partial charge is 0.277 e. The van der Waals surface area contributed by atoms with Gasteiger partial charge < -0.3 is 4.74 Å². The molecule has 1 aromatic carbocycles. The number of benzene rings is 1. The molecule has 0 unspecified atom stereocenters. The van der Waals surface area contributed by atoms with Gasteiger partial charge in [-0.15, -0.1) is 0 Å². The first-order valence-electron chi connectivity index (χ1n) is 6.98. The minimum Gasteiger partial charge on any atom is -0.484 e. The van der Waals surface area contributed by atoms with Crippen molar-refractivity contribution in [2.75, 3.05) is 6.61 Å². The summed E-state index contributed by atoms with van der Waals surface area (Å²) in [6.45, 7) is 3.96. The first kappa shape index (κ1) is 15.2. The molecule has 5 heteroatoms. The molecule has 1 aliphatic carbocycles. The number of hydrazone groups is 1. The average molecular weight is 288 g/mol. The topological polar surface area (TPSA) is 67.8 Å². The van der Waals surface area contributed by atoms with Crippen LogP contribution in [0.5, 0.6) is 5.75 Å². The van der Waals surface area contributed by atoms with E-state index < -0.39 is 0 Å². The zero-order valence-corrected chi connectivity index (χ0v) is 12.4. The molecule has 0 radical (unpaired) electrons. The van der Waals surface area contributed by atoms with Crippen LogP contribution in [0.3, 0.4) is 0 Å². The Morgan fingerprint density at radius 3 is 2.67 bits per heavy atom. The van der Waals surface area contributed by atoms with Crippen LogP contribution < -0.4 is 10.2 Å². The fraction of sp³-hybridized carbons (Fsp3) is 0.438. The van der Waals surface area contributed by atoms with Gasteiger partial charge in [0.1, 0.15) is 11.5 Å². The lowest BCUT2D eigenvalue weighted by Gasteiger charge is -2.28. The molecule has 1 fully saturated rings. The molecule has 21 heavy (non-hydrogen) atoms. The molecule has 0 saturated heterocycles. The zero-order chi connectivity index (χ0) is 15.3. The van der Waals surface area contributed by atoms with Gasteiger partial charge in [0.2, 0.25) is 0 Å². The number of carbonyl (C=O) groups is 2. The van der Waals surface area contributed by atoms with Crippen LogP contribution in [0.2, 0.25) is 0 Å². The van der Waals surface area contributed by atoms with E-state index in [-0.39, 0.29) is 23.7 Å². The number of hydrogen-bond donors (Lipinski definition) is 1. The zero-order valence-electron chi connectivity index (χ0n) is 12.4. The number of Topliss-reactive ketones (excluding diaryl/α,β-unsaturated/α-hetero) is 1. The monoisotopic (exact) mass is 288 g/mol. The lowest BCUT2D eigenvalue weighted by molar-refractivity contribution is -0.123. The van der Waals surface area contributed by atoms with Gasteiger partial charge in [-0.2, -0.15) is 5.10 Å². The van der Waals surface area contributed by atoms with Crippen molar-refractivity contribution in [2.24, 2.45) is 10.5 Å². The van der Waals surface area contributed by atoms with Crippen molar-refractivity contribution in [3.8, 4) is 5.75 Å². The van der Waals surface area contributed by atoms with E-state index in [4.69, 9.17) is 4.74 Å². The molecular weight excluding hydrogens is 268 g/mol. The Morgan fingerprint density at radius 2 is 2.00 bits per heavy atom. The molecule has 1 N–H and O–H groups in total. The highest BCUT2D eigenvalue weighted by molar-refractivity contribution is 6.05. The van der Waals surface area contributed by atoms with E-state index >= 15 is 0 Å². The van der Waals surface area contributed by atoms with Gasteiger partial charge in [-0.25, -0.2) is 5.43 Å². The summed E-state index contributed by atoms with van der Waals surface area (Å²) in [5, 5.41) is 4.06. The van der Waals surface area contributed by atoms with E-state index in [9.17, 15) is 9.59 Å². The second kappa shape index (κ2) is 6.52. The Morgan fingerprint density at radius 1 is 1.29 bits per heavy atom. The number of nitrogens with zero attached hydrogens (tertiary/aromatic N) is 1. The first-order valence-corrected chi connectivity index (χ1v) is 6.98. The lowest BCUT2D eigenvalue weighted by Crippen LogP contribution is -2.32. The molecule has 5 nitrogen and oxygen atoms in total. The predicted molar refractivity (Wildman–Crippen MR) is 80.2 cm³/mol. The number of ketones is 1. The van der Waals surface area contributed by atoms with Crippen molar-refractivity contribution < 1.29 is 14.3 Å². The lowest BCUT2D eigenvalue weighted by atomic mass is 9.76. The normalized spacial score (nSPS) is 19.3. The summed E-state index contributed by atoms with van der Waals surface area (Å²) >= 11 is 0. The molecule has 0 spiro atoms. The molecule has 0 heterocycles. The molecule has 112 valence electrons. The molecular formula is C16H20N2O3. The standard InChI is InChI=1S/C16H20N2O3/c1-16(2)9-12(8-13(19)10-16)17-18-15(20)11-21-14-6-4-3-5-7-14/h3-7H,8-11H2,1-2H3,(H,18,20)/b17-12-. The summed E-state index contributed by atoms with van der Waals surface area (Å²) in [5.74, 6) is 0.469. The number of ether oxygens (including phenoxy) is 1. The third-order valence-electron chi connectivity index (χ3n) is 3.21. The van der Waals surface area contributed by atoms with Gasteiger partial charge in [-0.05, 0) is 24.0 Å².